The third-order valence-corrected chi connectivity index (χ3v) is 5.20. The maximum Gasteiger partial charge on any atom is 0.268 e. The third kappa shape index (κ3) is 4.20. The molecule has 0 aliphatic carbocycles. The van der Waals surface area contributed by atoms with Crippen molar-refractivity contribution < 1.29 is 19.1 Å². The van der Waals surface area contributed by atoms with Gasteiger partial charge in [0.1, 0.15) is 5.56 Å². The van der Waals surface area contributed by atoms with E-state index >= 15 is 0 Å². The van der Waals surface area contributed by atoms with Crippen LogP contribution in [0.4, 0.5) is 5.69 Å². The highest BCUT2D eigenvalue weighted by molar-refractivity contribution is 6.05. The Morgan fingerprint density at radius 3 is 2.62 bits per heavy atom. The molecule has 8 heteroatoms. The van der Waals surface area contributed by atoms with Crippen LogP contribution in [0.3, 0.4) is 0 Å². The second-order valence-corrected chi connectivity index (χ2v) is 7.71. The number of benzene rings is 2. The highest BCUT2D eigenvalue weighted by atomic mass is 16.7. The topological polar surface area (TPSA) is 89.9 Å². The van der Waals surface area contributed by atoms with E-state index in [0.717, 1.165) is 5.56 Å². The number of anilines is 1. The van der Waals surface area contributed by atoms with Crippen molar-refractivity contribution in [2.45, 2.75) is 13.3 Å². The molecule has 0 spiro atoms. The van der Waals surface area contributed by atoms with Gasteiger partial charge in [-0.15, -0.1) is 0 Å². The predicted octanol–water partition coefficient (Wildman–Crippen LogP) is 2.76. The van der Waals surface area contributed by atoms with E-state index in [1.54, 1.807) is 69.7 Å². The van der Waals surface area contributed by atoms with Gasteiger partial charge in [-0.1, -0.05) is 12.1 Å². The molecule has 2 amide bonds. The van der Waals surface area contributed by atoms with Crippen molar-refractivity contribution in [3.05, 3.63) is 81.8 Å². The zero-order chi connectivity index (χ0) is 22.8. The van der Waals surface area contributed by atoms with Gasteiger partial charge in [0.15, 0.2) is 11.5 Å². The first-order valence-electron chi connectivity index (χ1n) is 10.1. The smallest absolute Gasteiger partial charge is 0.268 e. The number of hydrogen-bond donors (Lipinski definition) is 1. The quantitative estimate of drug-likeness (QED) is 0.668. The summed E-state index contributed by atoms with van der Waals surface area (Å²) in [5, 5.41) is 2.78. The van der Waals surface area contributed by atoms with Crippen LogP contribution in [0, 0.1) is 6.92 Å². The molecule has 8 nitrogen and oxygen atoms in total. The minimum absolute atomic E-state index is 0.0416. The van der Waals surface area contributed by atoms with Crippen LogP contribution in [0.5, 0.6) is 11.5 Å². The van der Waals surface area contributed by atoms with Crippen molar-refractivity contribution in [1.82, 2.24) is 9.47 Å². The lowest BCUT2D eigenvalue weighted by atomic mass is 10.1. The summed E-state index contributed by atoms with van der Waals surface area (Å²) in [7, 11) is 3.38. The number of carbonyl (C=O) groups excluding carboxylic acids is 2. The Bertz CT molecular complexity index is 1260. The van der Waals surface area contributed by atoms with Gasteiger partial charge in [0.05, 0.1) is 12.1 Å². The largest absolute Gasteiger partial charge is 0.454 e. The van der Waals surface area contributed by atoms with Gasteiger partial charge >= 0.3 is 0 Å². The number of aromatic nitrogens is 1. The number of amides is 2. The van der Waals surface area contributed by atoms with Crippen LogP contribution in [-0.4, -0.2) is 42.2 Å². The molecule has 164 valence electrons. The van der Waals surface area contributed by atoms with Crippen molar-refractivity contribution in [3.8, 4) is 17.2 Å². The van der Waals surface area contributed by atoms with E-state index in [-0.39, 0.29) is 24.7 Å². The van der Waals surface area contributed by atoms with Gasteiger partial charge in [-0.3, -0.25) is 19.0 Å². The number of ether oxygens (including phenoxy) is 2. The molecule has 0 radical (unpaired) electrons. The van der Waals surface area contributed by atoms with Crippen LogP contribution in [0.2, 0.25) is 0 Å². The zero-order valence-corrected chi connectivity index (χ0v) is 18.0. The van der Waals surface area contributed by atoms with Crippen LogP contribution in [0.15, 0.2) is 59.5 Å². The molecule has 1 aliphatic rings. The first kappa shape index (κ1) is 21.2. The first-order valence-corrected chi connectivity index (χ1v) is 10.1. The molecule has 3 aromatic rings. The van der Waals surface area contributed by atoms with Crippen LogP contribution in [-0.2, 0) is 11.2 Å². The number of nitrogens with zero attached hydrogens (tertiary/aromatic N) is 2. The van der Waals surface area contributed by atoms with E-state index in [1.807, 2.05) is 6.07 Å². The third-order valence-electron chi connectivity index (χ3n) is 5.20. The summed E-state index contributed by atoms with van der Waals surface area (Å²) in [6.45, 7) is 1.85. The van der Waals surface area contributed by atoms with Gasteiger partial charge in [-0.2, -0.15) is 0 Å². The standard InChI is InChI=1S/C24H23N3O5/c1-15-9-10-27(18-7-8-19-20(13-18)32-14-31-19)24(30)22(15)23(29)25-17-6-4-5-16(11-17)12-21(28)26(2)3/h4-11,13H,12,14H2,1-3H3,(H,25,29). The minimum Gasteiger partial charge on any atom is -0.454 e. The number of likely N-dealkylation sites (N-methyl/N-ethyl adjacent to an activating group) is 1. The Morgan fingerprint density at radius 1 is 1.06 bits per heavy atom. The Kier molecular flexibility index (Phi) is 5.68. The zero-order valence-electron chi connectivity index (χ0n) is 18.0. The summed E-state index contributed by atoms with van der Waals surface area (Å²) in [4.78, 5) is 39.7. The summed E-state index contributed by atoms with van der Waals surface area (Å²) in [5.41, 5.74) is 2.00. The maximum atomic E-state index is 13.2. The van der Waals surface area contributed by atoms with E-state index in [1.165, 1.54) is 9.47 Å². The molecule has 4 rings (SSSR count). The molecule has 2 aromatic carbocycles. The predicted molar refractivity (Wildman–Crippen MR) is 120 cm³/mol. The van der Waals surface area contributed by atoms with Crippen molar-refractivity contribution >= 4 is 17.5 Å². The van der Waals surface area contributed by atoms with Crippen LogP contribution >= 0.6 is 0 Å². The van der Waals surface area contributed by atoms with Crippen molar-refractivity contribution in [3.63, 3.8) is 0 Å². The second-order valence-electron chi connectivity index (χ2n) is 7.71. The fourth-order valence-electron chi connectivity index (χ4n) is 3.43. The van der Waals surface area contributed by atoms with Gasteiger partial charge < -0.3 is 19.7 Å². The van der Waals surface area contributed by atoms with Gasteiger partial charge in [0.2, 0.25) is 12.7 Å². The highest BCUT2D eigenvalue weighted by Crippen LogP contribution is 2.33. The number of aryl methyl sites for hydroxylation is 1. The Hall–Kier alpha value is -4.07. The minimum atomic E-state index is -0.515. The van der Waals surface area contributed by atoms with Gasteiger partial charge in [-0.05, 0) is 48.4 Å². The summed E-state index contributed by atoms with van der Waals surface area (Å²) in [5.74, 6) is 0.599. The number of nitrogens with one attached hydrogen (secondary N) is 1. The number of pyridine rings is 1. The molecule has 32 heavy (non-hydrogen) atoms. The molecule has 1 N–H and O–H groups in total. The Labute approximate surface area is 185 Å². The summed E-state index contributed by atoms with van der Waals surface area (Å²) >= 11 is 0. The molecule has 0 atom stereocenters. The van der Waals surface area contributed by atoms with E-state index in [9.17, 15) is 14.4 Å². The summed E-state index contributed by atoms with van der Waals surface area (Å²) < 4.78 is 12.1. The molecular weight excluding hydrogens is 410 g/mol. The number of hydrogen-bond acceptors (Lipinski definition) is 5. The van der Waals surface area contributed by atoms with Gasteiger partial charge in [0.25, 0.3) is 11.5 Å². The normalized spacial score (nSPS) is 11.8. The van der Waals surface area contributed by atoms with Crippen LogP contribution in [0.25, 0.3) is 5.69 Å². The SMILES string of the molecule is Cc1ccn(-c2ccc3c(c2)OCO3)c(=O)c1C(=O)Nc1cccc(CC(=O)N(C)C)c1. The lowest BCUT2D eigenvalue weighted by molar-refractivity contribution is -0.127. The highest BCUT2D eigenvalue weighted by Gasteiger charge is 2.19. The van der Waals surface area contributed by atoms with Gasteiger partial charge in [0, 0.05) is 32.0 Å². The van der Waals surface area contributed by atoms with Crippen molar-refractivity contribution in [2.75, 3.05) is 26.2 Å². The first-order chi connectivity index (χ1) is 15.3. The average Bonchev–Trinajstić information content (AvgIpc) is 3.22. The molecule has 0 unspecified atom stereocenters. The number of carbonyl (C=O) groups is 2. The molecule has 2 heterocycles. The lowest BCUT2D eigenvalue weighted by Crippen LogP contribution is -2.29. The molecule has 1 aromatic heterocycles. The summed E-state index contributed by atoms with van der Waals surface area (Å²) in [6.07, 6.45) is 1.84. The van der Waals surface area contributed by atoms with Crippen LogP contribution in [0.1, 0.15) is 21.5 Å². The molecule has 0 bridgehead atoms. The maximum absolute atomic E-state index is 13.2. The fourth-order valence-corrected chi connectivity index (χ4v) is 3.43. The monoisotopic (exact) mass is 433 g/mol. The van der Waals surface area contributed by atoms with Crippen LogP contribution < -0.4 is 20.3 Å². The Morgan fingerprint density at radius 2 is 1.84 bits per heavy atom. The number of rotatable bonds is 5. The van der Waals surface area contributed by atoms with E-state index < -0.39 is 11.5 Å². The van der Waals surface area contributed by atoms with E-state index in [0.29, 0.717) is 28.4 Å². The van der Waals surface area contributed by atoms with Crippen molar-refractivity contribution in [2.24, 2.45) is 0 Å². The second kappa shape index (κ2) is 8.58. The molecule has 0 saturated carbocycles. The van der Waals surface area contributed by atoms with Crippen molar-refractivity contribution in [1.29, 1.82) is 0 Å². The fraction of sp³-hybridized carbons (Fsp3) is 0.208. The van der Waals surface area contributed by atoms with Gasteiger partial charge in [-0.25, -0.2) is 0 Å². The summed E-state index contributed by atoms with van der Waals surface area (Å²) in [6, 6.07) is 13.9. The molecule has 1 aliphatic heterocycles. The van der Waals surface area contributed by atoms with E-state index in [2.05, 4.69) is 5.32 Å². The Balaban J connectivity index is 1.62. The number of fused-ring (bicyclic) bond motifs is 1. The lowest BCUT2D eigenvalue weighted by Gasteiger charge is -2.13. The molecule has 0 saturated heterocycles. The molecule has 0 fully saturated rings. The molecular formula is C24H23N3O5. The average molecular weight is 433 g/mol. The van der Waals surface area contributed by atoms with E-state index in [4.69, 9.17) is 9.47 Å².